The number of hydrogen-bond acceptors (Lipinski definition) is 3. The summed E-state index contributed by atoms with van der Waals surface area (Å²) in [6.45, 7) is 3.11. The van der Waals surface area contributed by atoms with Crippen molar-refractivity contribution in [2.75, 3.05) is 25.0 Å². The molecule has 2 N–H and O–H groups in total. The highest BCUT2D eigenvalue weighted by Crippen LogP contribution is 2.24. The Morgan fingerprint density at radius 3 is 2.78 bits per heavy atom. The molecule has 5 heteroatoms. The van der Waals surface area contributed by atoms with E-state index in [-0.39, 0.29) is 12.5 Å². The lowest BCUT2D eigenvalue weighted by atomic mass is 10.1. The highest BCUT2D eigenvalue weighted by molar-refractivity contribution is 9.10. The normalized spacial score (nSPS) is 10.2. The summed E-state index contributed by atoms with van der Waals surface area (Å²) < 4.78 is 0.923. The standard InChI is InChI=1S/C13H19BrN2O2/c1-3-6-16(8-13(18)15-2)12-5-4-11(14)7-10(12)9-17/h4-5,7,17H,3,6,8-9H2,1-2H3,(H,15,18). The highest BCUT2D eigenvalue weighted by Gasteiger charge is 2.13. The van der Waals surface area contributed by atoms with Crippen LogP contribution >= 0.6 is 15.9 Å². The van der Waals surface area contributed by atoms with Gasteiger partial charge in [0.2, 0.25) is 5.91 Å². The second kappa shape index (κ2) is 7.38. The maximum atomic E-state index is 11.5. The predicted octanol–water partition coefficient (Wildman–Crippen LogP) is 1.90. The van der Waals surface area contributed by atoms with Gasteiger partial charge in [-0.3, -0.25) is 4.79 Å². The fourth-order valence-electron chi connectivity index (χ4n) is 1.80. The first-order valence-corrected chi connectivity index (χ1v) is 6.76. The average Bonchev–Trinajstić information content (AvgIpc) is 2.37. The summed E-state index contributed by atoms with van der Waals surface area (Å²) >= 11 is 3.38. The molecule has 0 atom stereocenters. The van der Waals surface area contributed by atoms with Crippen LogP contribution in [0.1, 0.15) is 18.9 Å². The molecule has 0 bridgehead atoms. The van der Waals surface area contributed by atoms with Crippen molar-refractivity contribution in [2.24, 2.45) is 0 Å². The van der Waals surface area contributed by atoms with Crippen LogP contribution in [0, 0.1) is 0 Å². The Hall–Kier alpha value is -1.07. The van der Waals surface area contributed by atoms with E-state index in [4.69, 9.17) is 0 Å². The summed E-state index contributed by atoms with van der Waals surface area (Å²) in [5.74, 6) is -0.0322. The first-order valence-electron chi connectivity index (χ1n) is 5.97. The molecule has 1 rings (SSSR count). The molecular formula is C13H19BrN2O2. The molecule has 0 saturated heterocycles. The van der Waals surface area contributed by atoms with Gasteiger partial charge in [-0.25, -0.2) is 0 Å². The lowest BCUT2D eigenvalue weighted by molar-refractivity contribution is -0.119. The van der Waals surface area contributed by atoms with E-state index in [1.165, 1.54) is 0 Å². The van der Waals surface area contributed by atoms with E-state index >= 15 is 0 Å². The van der Waals surface area contributed by atoms with Crippen molar-refractivity contribution in [1.29, 1.82) is 0 Å². The number of carbonyl (C=O) groups excluding carboxylic acids is 1. The maximum Gasteiger partial charge on any atom is 0.239 e. The Balaban J connectivity index is 3.00. The molecule has 0 saturated carbocycles. The number of likely N-dealkylation sites (N-methyl/N-ethyl adjacent to an activating group) is 1. The number of aliphatic hydroxyl groups excluding tert-OH is 1. The van der Waals surface area contributed by atoms with Crippen LogP contribution in [0.2, 0.25) is 0 Å². The minimum Gasteiger partial charge on any atom is -0.392 e. The molecule has 0 aliphatic rings. The van der Waals surface area contributed by atoms with Crippen molar-refractivity contribution in [3.8, 4) is 0 Å². The quantitative estimate of drug-likeness (QED) is 0.843. The largest absolute Gasteiger partial charge is 0.392 e. The zero-order valence-electron chi connectivity index (χ0n) is 10.7. The third kappa shape index (κ3) is 3.99. The molecule has 18 heavy (non-hydrogen) atoms. The first kappa shape index (κ1) is 15.0. The number of hydrogen-bond donors (Lipinski definition) is 2. The van der Waals surface area contributed by atoms with Crippen LogP contribution in [0.25, 0.3) is 0 Å². The molecule has 4 nitrogen and oxygen atoms in total. The van der Waals surface area contributed by atoms with E-state index in [1.807, 2.05) is 23.1 Å². The van der Waals surface area contributed by atoms with Crippen LogP contribution in [0.5, 0.6) is 0 Å². The van der Waals surface area contributed by atoms with Crippen LogP contribution in [-0.2, 0) is 11.4 Å². The second-order valence-electron chi connectivity index (χ2n) is 4.03. The summed E-state index contributed by atoms with van der Waals surface area (Å²) in [5.41, 5.74) is 1.73. The molecule has 0 spiro atoms. The van der Waals surface area contributed by atoms with Gasteiger partial charge in [0.1, 0.15) is 0 Å². The molecule has 100 valence electrons. The van der Waals surface area contributed by atoms with Gasteiger partial charge in [-0.2, -0.15) is 0 Å². The molecule has 0 radical (unpaired) electrons. The average molecular weight is 315 g/mol. The molecule has 1 aromatic carbocycles. The van der Waals surface area contributed by atoms with Gasteiger partial charge < -0.3 is 15.3 Å². The molecule has 0 unspecified atom stereocenters. The number of carbonyl (C=O) groups is 1. The van der Waals surface area contributed by atoms with Gasteiger partial charge in [-0.15, -0.1) is 0 Å². The van der Waals surface area contributed by atoms with Crippen LogP contribution in [0.3, 0.4) is 0 Å². The van der Waals surface area contributed by atoms with E-state index in [0.29, 0.717) is 6.54 Å². The van der Waals surface area contributed by atoms with Gasteiger partial charge in [-0.1, -0.05) is 22.9 Å². The summed E-state index contributed by atoms with van der Waals surface area (Å²) in [7, 11) is 1.63. The zero-order chi connectivity index (χ0) is 13.5. The zero-order valence-corrected chi connectivity index (χ0v) is 12.3. The molecule has 1 aromatic rings. The summed E-state index contributed by atoms with van der Waals surface area (Å²) in [5, 5.41) is 12.0. The number of nitrogens with one attached hydrogen (secondary N) is 1. The molecule has 0 aromatic heterocycles. The number of aliphatic hydroxyl groups is 1. The third-order valence-electron chi connectivity index (χ3n) is 2.66. The molecule has 0 heterocycles. The Labute approximate surface area is 116 Å². The van der Waals surface area contributed by atoms with Crippen molar-refractivity contribution in [2.45, 2.75) is 20.0 Å². The monoisotopic (exact) mass is 314 g/mol. The summed E-state index contributed by atoms with van der Waals surface area (Å²) in [6.07, 6.45) is 0.942. The fourth-order valence-corrected chi connectivity index (χ4v) is 2.20. The van der Waals surface area contributed by atoms with Gasteiger partial charge in [0.15, 0.2) is 0 Å². The van der Waals surface area contributed by atoms with Gasteiger partial charge >= 0.3 is 0 Å². The first-order chi connectivity index (χ1) is 8.62. The number of amides is 1. The number of anilines is 1. The number of benzene rings is 1. The molecule has 0 aliphatic carbocycles. The van der Waals surface area contributed by atoms with Gasteiger partial charge in [0.25, 0.3) is 0 Å². The second-order valence-corrected chi connectivity index (χ2v) is 4.94. The lowest BCUT2D eigenvalue weighted by Gasteiger charge is -2.25. The maximum absolute atomic E-state index is 11.5. The minimum absolute atomic E-state index is 0.0322. The van der Waals surface area contributed by atoms with Crippen molar-refractivity contribution in [3.05, 3.63) is 28.2 Å². The lowest BCUT2D eigenvalue weighted by Crippen LogP contribution is -2.36. The smallest absolute Gasteiger partial charge is 0.239 e. The van der Waals surface area contributed by atoms with Gasteiger partial charge in [0, 0.05) is 29.3 Å². The Morgan fingerprint density at radius 1 is 1.50 bits per heavy atom. The third-order valence-corrected chi connectivity index (χ3v) is 3.15. The Bertz CT molecular complexity index is 410. The van der Waals surface area contributed by atoms with Crippen LogP contribution in [0.4, 0.5) is 5.69 Å². The minimum atomic E-state index is -0.0390. The van der Waals surface area contributed by atoms with E-state index in [1.54, 1.807) is 7.05 Å². The van der Waals surface area contributed by atoms with Crippen molar-refractivity contribution >= 4 is 27.5 Å². The predicted molar refractivity (Wildman–Crippen MR) is 76.6 cm³/mol. The summed E-state index contributed by atoms with van der Waals surface area (Å²) in [4.78, 5) is 13.5. The van der Waals surface area contributed by atoms with Crippen LogP contribution < -0.4 is 10.2 Å². The van der Waals surface area contributed by atoms with E-state index in [0.717, 1.165) is 28.7 Å². The highest BCUT2D eigenvalue weighted by atomic mass is 79.9. The number of halogens is 1. The number of nitrogens with zero attached hydrogens (tertiary/aromatic N) is 1. The topological polar surface area (TPSA) is 52.6 Å². The van der Waals surface area contributed by atoms with Gasteiger partial charge in [-0.05, 0) is 24.6 Å². The van der Waals surface area contributed by atoms with Crippen LogP contribution in [-0.4, -0.2) is 31.2 Å². The van der Waals surface area contributed by atoms with E-state index in [2.05, 4.69) is 28.2 Å². The Kier molecular flexibility index (Phi) is 6.15. The SMILES string of the molecule is CCCN(CC(=O)NC)c1ccc(Br)cc1CO. The van der Waals surface area contributed by atoms with Crippen LogP contribution in [0.15, 0.2) is 22.7 Å². The van der Waals surface area contributed by atoms with E-state index < -0.39 is 0 Å². The Morgan fingerprint density at radius 2 is 2.22 bits per heavy atom. The summed E-state index contributed by atoms with van der Waals surface area (Å²) in [6, 6.07) is 5.72. The van der Waals surface area contributed by atoms with E-state index in [9.17, 15) is 9.90 Å². The van der Waals surface area contributed by atoms with Crippen molar-refractivity contribution in [1.82, 2.24) is 5.32 Å². The van der Waals surface area contributed by atoms with Crippen molar-refractivity contribution < 1.29 is 9.90 Å². The molecule has 0 aliphatic heterocycles. The molecule has 0 fully saturated rings. The van der Waals surface area contributed by atoms with Crippen molar-refractivity contribution in [3.63, 3.8) is 0 Å². The molecular weight excluding hydrogens is 296 g/mol. The molecule has 1 amide bonds. The van der Waals surface area contributed by atoms with Gasteiger partial charge in [0.05, 0.1) is 13.2 Å². The number of rotatable bonds is 6. The fraction of sp³-hybridized carbons (Fsp3) is 0.462.